The van der Waals surface area contributed by atoms with Gasteiger partial charge in [0.15, 0.2) is 0 Å². The zero-order valence-corrected chi connectivity index (χ0v) is 34.2. The number of fused-ring (bicyclic) bond motifs is 2. The van der Waals surface area contributed by atoms with Crippen molar-refractivity contribution in [3.8, 4) is 0 Å². The van der Waals surface area contributed by atoms with E-state index in [0.717, 1.165) is 21.9 Å². The van der Waals surface area contributed by atoms with Crippen molar-refractivity contribution in [2.24, 2.45) is 11.8 Å². The number of carbonyl (C=O) groups excluding carboxylic acids is 4. The average molecular weight is 809 g/mol. The number of hydrogen-bond donors (Lipinski definition) is 6. The van der Waals surface area contributed by atoms with Crippen molar-refractivity contribution < 1.29 is 29.4 Å². The van der Waals surface area contributed by atoms with Crippen molar-refractivity contribution in [2.45, 2.75) is 76.9 Å². The third-order valence-corrected chi connectivity index (χ3v) is 10.6. The Morgan fingerprint density at radius 3 is 1.18 bits per heavy atom. The summed E-state index contributed by atoms with van der Waals surface area (Å²) in [5.74, 6) is -2.95. The van der Waals surface area contributed by atoms with Gasteiger partial charge in [-0.05, 0) is 60.1 Å². The van der Waals surface area contributed by atoms with E-state index >= 15 is 0 Å². The summed E-state index contributed by atoms with van der Waals surface area (Å²) in [5, 5.41) is 37.4. The molecule has 12 nitrogen and oxygen atoms in total. The van der Waals surface area contributed by atoms with E-state index in [9.17, 15) is 29.4 Å². The zero-order chi connectivity index (χ0) is 42.8. The standard InChI is InChI=1S/C48H52N6O6/c1-29(2)41(53-45(57)37-25-23-33-19-11-13-21-35(33)49-37)47(59)51-39(27-31-15-7-5-8-16-31)43(55)44(56)40(28-32-17-9-6-10-18-32)52-48(60)42(30(3)4)54-46(58)38-26-24-34-20-12-14-22-36(34)50-38/h5-26,29-30,39-44,55-56H,27-28H2,1-4H3,(H,51,59)(H,52,60)(H,53,57)(H,54,58)/t39-,40-,41-,42-,43-,44-/m0/s1. The third-order valence-electron chi connectivity index (χ3n) is 10.6. The summed E-state index contributed by atoms with van der Waals surface area (Å²) in [4.78, 5) is 64.2. The second-order valence-electron chi connectivity index (χ2n) is 15.8. The number of aliphatic hydroxyl groups excluding tert-OH is 2. The number of carbonyl (C=O) groups is 4. The van der Waals surface area contributed by atoms with E-state index in [1.54, 1.807) is 64.1 Å². The van der Waals surface area contributed by atoms with E-state index in [2.05, 4.69) is 31.2 Å². The third kappa shape index (κ3) is 11.0. The fourth-order valence-electron chi connectivity index (χ4n) is 7.16. The molecule has 6 atom stereocenters. The minimum atomic E-state index is -1.61. The highest BCUT2D eigenvalue weighted by atomic mass is 16.3. The average Bonchev–Trinajstić information content (AvgIpc) is 3.26. The molecule has 0 saturated heterocycles. The van der Waals surface area contributed by atoms with Crippen LogP contribution < -0.4 is 21.3 Å². The molecular formula is C48H52N6O6. The van der Waals surface area contributed by atoms with Crippen molar-refractivity contribution >= 4 is 45.4 Å². The number of benzene rings is 4. The highest BCUT2D eigenvalue weighted by Gasteiger charge is 2.38. The molecule has 6 aromatic rings. The van der Waals surface area contributed by atoms with E-state index in [4.69, 9.17) is 0 Å². The SMILES string of the molecule is CC(C)[C@H](NC(=O)c1ccc2ccccc2n1)C(=O)N[C@@H](Cc1ccccc1)[C@H](O)[C@@H](O)[C@H](Cc1ccccc1)NC(=O)[C@@H](NC(=O)c1ccc2ccccc2n1)C(C)C. The lowest BCUT2D eigenvalue weighted by Crippen LogP contribution is -2.61. The summed E-state index contributed by atoms with van der Waals surface area (Å²) in [6, 6.07) is 35.8. The Kier molecular flexibility index (Phi) is 14.3. The van der Waals surface area contributed by atoms with Gasteiger partial charge in [0.25, 0.3) is 11.8 Å². The van der Waals surface area contributed by atoms with E-state index < -0.39 is 60.0 Å². The van der Waals surface area contributed by atoms with E-state index in [1.807, 2.05) is 97.1 Å². The van der Waals surface area contributed by atoms with Crippen LogP contribution in [-0.4, -0.2) is 80.2 Å². The summed E-state index contributed by atoms with van der Waals surface area (Å²) in [7, 11) is 0. The van der Waals surface area contributed by atoms with Crippen molar-refractivity contribution in [2.75, 3.05) is 0 Å². The van der Waals surface area contributed by atoms with E-state index in [1.165, 1.54) is 0 Å². The van der Waals surface area contributed by atoms with Crippen LogP contribution in [0.5, 0.6) is 0 Å². The van der Waals surface area contributed by atoms with Crippen LogP contribution in [-0.2, 0) is 22.4 Å². The van der Waals surface area contributed by atoms with E-state index in [-0.39, 0.29) is 36.1 Å². The van der Waals surface area contributed by atoms with Crippen LogP contribution in [0, 0.1) is 11.8 Å². The number of amides is 4. The Bertz CT molecular complexity index is 2240. The van der Waals surface area contributed by atoms with Gasteiger partial charge in [0, 0.05) is 10.8 Å². The van der Waals surface area contributed by atoms with E-state index in [0.29, 0.717) is 11.0 Å². The second-order valence-corrected chi connectivity index (χ2v) is 15.8. The number of para-hydroxylation sites is 2. The lowest BCUT2D eigenvalue weighted by Gasteiger charge is -2.35. The number of pyridine rings is 2. The summed E-state index contributed by atoms with van der Waals surface area (Å²) in [6.07, 6.45) is -2.98. The molecule has 6 rings (SSSR count). The lowest BCUT2D eigenvalue weighted by molar-refractivity contribution is -0.129. The van der Waals surface area contributed by atoms with Crippen LogP contribution in [0.2, 0.25) is 0 Å². The molecule has 12 heteroatoms. The van der Waals surface area contributed by atoms with Gasteiger partial charge in [-0.1, -0.05) is 137 Å². The maximum absolute atomic E-state index is 14.1. The van der Waals surface area contributed by atoms with Gasteiger partial charge >= 0.3 is 0 Å². The van der Waals surface area contributed by atoms with Gasteiger partial charge in [0.1, 0.15) is 35.7 Å². The molecule has 0 aliphatic heterocycles. The lowest BCUT2D eigenvalue weighted by atomic mass is 9.90. The number of aromatic nitrogens is 2. The molecule has 0 spiro atoms. The molecular weight excluding hydrogens is 757 g/mol. The normalized spacial score (nSPS) is 14.5. The maximum atomic E-state index is 14.1. The molecule has 310 valence electrons. The topological polar surface area (TPSA) is 183 Å². The van der Waals surface area contributed by atoms with Crippen molar-refractivity contribution in [1.82, 2.24) is 31.2 Å². The molecule has 0 bridgehead atoms. The molecule has 2 heterocycles. The molecule has 2 aromatic heterocycles. The molecule has 4 aromatic carbocycles. The van der Waals surface area contributed by atoms with Gasteiger partial charge in [-0.25, -0.2) is 9.97 Å². The fraction of sp³-hybridized carbons (Fsp3) is 0.292. The summed E-state index contributed by atoms with van der Waals surface area (Å²) < 4.78 is 0. The van der Waals surface area contributed by atoms with Crippen LogP contribution in [0.15, 0.2) is 133 Å². The van der Waals surface area contributed by atoms with Gasteiger partial charge in [-0.3, -0.25) is 19.2 Å². The first-order chi connectivity index (χ1) is 28.9. The van der Waals surface area contributed by atoms with Crippen molar-refractivity contribution in [3.63, 3.8) is 0 Å². The Balaban J connectivity index is 1.23. The highest BCUT2D eigenvalue weighted by Crippen LogP contribution is 2.18. The number of hydrogen-bond acceptors (Lipinski definition) is 8. The zero-order valence-electron chi connectivity index (χ0n) is 34.2. The predicted molar refractivity (Wildman–Crippen MR) is 232 cm³/mol. The number of rotatable bonds is 17. The Morgan fingerprint density at radius 1 is 0.467 bits per heavy atom. The van der Waals surface area contributed by atoms with Crippen LogP contribution >= 0.6 is 0 Å². The van der Waals surface area contributed by atoms with Crippen LogP contribution in [0.4, 0.5) is 0 Å². The fourth-order valence-corrected chi connectivity index (χ4v) is 7.16. The Hall–Kier alpha value is -6.50. The van der Waals surface area contributed by atoms with Crippen LogP contribution in [0.1, 0.15) is 59.8 Å². The molecule has 0 aliphatic rings. The van der Waals surface area contributed by atoms with Crippen LogP contribution in [0.3, 0.4) is 0 Å². The molecule has 4 amide bonds. The Labute approximate surface area is 349 Å². The number of nitrogens with one attached hydrogen (secondary N) is 4. The summed E-state index contributed by atoms with van der Waals surface area (Å²) >= 11 is 0. The molecule has 60 heavy (non-hydrogen) atoms. The largest absolute Gasteiger partial charge is 0.388 e. The van der Waals surface area contributed by atoms with Gasteiger partial charge in [-0.2, -0.15) is 0 Å². The summed E-state index contributed by atoms with van der Waals surface area (Å²) in [5.41, 5.74) is 3.11. The van der Waals surface area contributed by atoms with Gasteiger partial charge < -0.3 is 31.5 Å². The maximum Gasteiger partial charge on any atom is 0.270 e. The quantitative estimate of drug-likeness (QED) is 0.0730. The first-order valence-corrected chi connectivity index (χ1v) is 20.3. The first-order valence-electron chi connectivity index (χ1n) is 20.3. The predicted octanol–water partition coefficient (Wildman–Crippen LogP) is 5.17. The first kappa shape index (κ1) is 43.1. The molecule has 6 N–H and O–H groups in total. The molecule has 0 radical (unpaired) electrons. The molecule has 0 aliphatic carbocycles. The minimum absolute atomic E-state index is 0.116. The highest BCUT2D eigenvalue weighted by molar-refractivity contribution is 5.99. The Morgan fingerprint density at radius 2 is 0.817 bits per heavy atom. The van der Waals surface area contributed by atoms with Crippen molar-refractivity contribution in [1.29, 1.82) is 0 Å². The number of aliphatic hydroxyl groups is 2. The minimum Gasteiger partial charge on any atom is -0.388 e. The van der Waals surface area contributed by atoms with Crippen molar-refractivity contribution in [3.05, 3.63) is 156 Å². The molecule has 0 saturated carbocycles. The number of nitrogens with zero attached hydrogens (tertiary/aromatic N) is 2. The monoisotopic (exact) mass is 808 g/mol. The van der Waals surface area contributed by atoms with Gasteiger partial charge in [0.2, 0.25) is 11.8 Å². The van der Waals surface area contributed by atoms with Crippen LogP contribution in [0.25, 0.3) is 21.8 Å². The molecule has 0 fully saturated rings. The van der Waals surface area contributed by atoms with Gasteiger partial charge in [-0.15, -0.1) is 0 Å². The second kappa shape index (κ2) is 20.0. The van der Waals surface area contributed by atoms with Gasteiger partial charge in [0.05, 0.1) is 23.1 Å². The summed E-state index contributed by atoms with van der Waals surface area (Å²) in [6.45, 7) is 7.17. The molecule has 0 unspecified atom stereocenters. The smallest absolute Gasteiger partial charge is 0.270 e.